The van der Waals surface area contributed by atoms with Gasteiger partial charge in [0.1, 0.15) is 5.75 Å². The van der Waals surface area contributed by atoms with Crippen molar-refractivity contribution in [2.24, 2.45) is 11.8 Å². The maximum Gasteiger partial charge on any atom is 0.220 e. The van der Waals surface area contributed by atoms with Gasteiger partial charge < -0.3 is 14.6 Å². The number of carbonyl (C=O) groups is 2. The minimum Gasteiger partial charge on any atom is -0.491 e. The predicted octanol–water partition coefficient (Wildman–Crippen LogP) is 2.38. The third-order valence-corrected chi connectivity index (χ3v) is 4.71. The molecule has 1 atom stereocenters. The van der Waals surface area contributed by atoms with Crippen LogP contribution in [0.15, 0.2) is 24.3 Å². The second-order valence-electron chi connectivity index (χ2n) is 6.62. The van der Waals surface area contributed by atoms with Crippen molar-refractivity contribution < 1.29 is 14.3 Å². The topological polar surface area (TPSA) is 60.3 Å². The van der Waals surface area contributed by atoms with Crippen LogP contribution in [0, 0.1) is 11.8 Å². The Morgan fingerprint density at radius 1 is 1.30 bits per heavy atom. The van der Waals surface area contributed by atoms with Crippen LogP contribution in [0.2, 0.25) is 0 Å². The van der Waals surface area contributed by atoms with E-state index in [0.29, 0.717) is 31.2 Å². The first-order chi connectivity index (χ1) is 11.2. The van der Waals surface area contributed by atoms with E-state index in [2.05, 4.69) is 9.88 Å². The van der Waals surface area contributed by atoms with Gasteiger partial charge in [-0.1, -0.05) is 12.1 Å². The van der Waals surface area contributed by atoms with Crippen molar-refractivity contribution in [1.82, 2.24) is 9.88 Å². The third kappa shape index (κ3) is 2.83. The zero-order chi connectivity index (χ0) is 15.8. The number of hydrogen-bond donors (Lipinski definition) is 1. The number of para-hydroxylation sites is 1. The van der Waals surface area contributed by atoms with E-state index in [-0.39, 0.29) is 11.8 Å². The summed E-state index contributed by atoms with van der Waals surface area (Å²) in [7, 11) is 0. The van der Waals surface area contributed by atoms with Crippen LogP contribution >= 0.6 is 0 Å². The molecule has 5 nitrogen and oxygen atoms in total. The van der Waals surface area contributed by atoms with Crippen LogP contribution in [0.1, 0.15) is 29.8 Å². The number of aldehydes is 1. The number of ether oxygens (including phenoxy) is 1. The maximum atomic E-state index is 11.4. The fourth-order valence-corrected chi connectivity index (χ4v) is 3.27. The summed E-state index contributed by atoms with van der Waals surface area (Å²) in [6.07, 6.45) is 3.91. The van der Waals surface area contributed by atoms with Crippen LogP contribution in [0.5, 0.6) is 5.75 Å². The Bertz CT molecular complexity index is 761. The fourth-order valence-electron chi connectivity index (χ4n) is 3.27. The molecule has 2 heterocycles. The van der Waals surface area contributed by atoms with Gasteiger partial charge in [-0.25, -0.2) is 0 Å². The molecule has 1 aromatic heterocycles. The molecule has 1 aliphatic heterocycles. The van der Waals surface area contributed by atoms with Crippen LogP contribution in [0.4, 0.5) is 0 Å². The fraction of sp³-hybridized carbons (Fsp3) is 0.444. The van der Waals surface area contributed by atoms with Crippen molar-refractivity contribution in [2.75, 3.05) is 13.2 Å². The van der Waals surface area contributed by atoms with Crippen molar-refractivity contribution in [3.63, 3.8) is 0 Å². The van der Waals surface area contributed by atoms with E-state index in [1.165, 1.54) is 12.8 Å². The van der Waals surface area contributed by atoms with E-state index in [1.54, 1.807) is 0 Å². The second kappa shape index (κ2) is 5.72. The molecule has 120 valence electrons. The standard InChI is InChI=1S/C18H20N2O3/c21-10-15-7-14-2-1-3-16(18(14)20(15)9-12-4-5-12)23-11-13-6-17(22)19-8-13/h1-3,7,10,12-13H,4-6,8-9,11H2,(H,19,22)/t13-/m0/s1. The number of rotatable bonds is 6. The lowest BCUT2D eigenvalue weighted by molar-refractivity contribution is -0.119. The maximum absolute atomic E-state index is 11.4. The summed E-state index contributed by atoms with van der Waals surface area (Å²) in [4.78, 5) is 22.7. The molecular formula is C18H20N2O3. The first kappa shape index (κ1) is 14.3. The highest BCUT2D eigenvalue weighted by molar-refractivity contribution is 5.92. The molecule has 0 radical (unpaired) electrons. The number of amides is 1. The van der Waals surface area contributed by atoms with Crippen molar-refractivity contribution in [3.05, 3.63) is 30.0 Å². The van der Waals surface area contributed by atoms with Crippen LogP contribution in [-0.4, -0.2) is 29.9 Å². The van der Waals surface area contributed by atoms with Gasteiger partial charge in [0.25, 0.3) is 0 Å². The monoisotopic (exact) mass is 312 g/mol. The van der Waals surface area contributed by atoms with Gasteiger partial charge in [-0.2, -0.15) is 0 Å². The number of benzene rings is 1. The van der Waals surface area contributed by atoms with Gasteiger partial charge in [0.05, 0.1) is 17.8 Å². The molecule has 1 saturated heterocycles. The average molecular weight is 312 g/mol. The van der Waals surface area contributed by atoms with Crippen molar-refractivity contribution in [2.45, 2.75) is 25.8 Å². The van der Waals surface area contributed by atoms with Crippen LogP contribution < -0.4 is 10.1 Å². The number of hydrogen-bond acceptors (Lipinski definition) is 3. The summed E-state index contributed by atoms with van der Waals surface area (Å²) in [6, 6.07) is 7.84. The van der Waals surface area contributed by atoms with E-state index < -0.39 is 0 Å². The molecule has 23 heavy (non-hydrogen) atoms. The summed E-state index contributed by atoms with van der Waals surface area (Å²) in [6.45, 7) is 2.07. The Labute approximate surface area is 134 Å². The summed E-state index contributed by atoms with van der Waals surface area (Å²) in [5.74, 6) is 1.79. The SMILES string of the molecule is O=Cc1cc2cccc(OC[C@@H]3CNC(=O)C3)c2n1CC1CC1. The van der Waals surface area contributed by atoms with Gasteiger partial charge >= 0.3 is 0 Å². The lowest BCUT2D eigenvalue weighted by atomic mass is 10.1. The van der Waals surface area contributed by atoms with Crippen molar-refractivity contribution >= 4 is 23.1 Å². The van der Waals surface area contributed by atoms with Gasteiger partial charge in [-0.15, -0.1) is 0 Å². The zero-order valence-electron chi connectivity index (χ0n) is 13.0. The molecule has 2 aromatic rings. The van der Waals surface area contributed by atoms with Gasteiger partial charge in [0.15, 0.2) is 6.29 Å². The summed E-state index contributed by atoms with van der Waals surface area (Å²) in [5.41, 5.74) is 1.71. The van der Waals surface area contributed by atoms with E-state index in [1.807, 2.05) is 24.3 Å². The lowest BCUT2D eigenvalue weighted by Crippen LogP contribution is -2.17. The molecule has 1 amide bonds. The van der Waals surface area contributed by atoms with Gasteiger partial charge in [0, 0.05) is 30.8 Å². The molecule has 2 aliphatic rings. The number of nitrogens with zero attached hydrogens (tertiary/aromatic N) is 1. The molecule has 2 fully saturated rings. The Morgan fingerprint density at radius 3 is 2.87 bits per heavy atom. The number of nitrogens with one attached hydrogen (secondary N) is 1. The number of fused-ring (bicyclic) bond motifs is 1. The quantitative estimate of drug-likeness (QED) is 0.833. The summed E-state index contributed by atoms with van der Waals surface area (Å²) < 4.78 is 8.11. The second-order valence-corrected chi connectivity index (χ2v) is 6.62. The summed E-state index contributed by atoms with van der Waals surface area (Å²) >= 11 is 0. The summed E-state index contributed by atoms with van der Waals surface area (Å²) in [5, 5.41) is 3.86. The highest BCUT2D eigenvalue weighted by atomic mass is 16.5. The molecular weight excluding hydrogens is 292 g/mol. The van der Waals surface area contributed by atoms with Gasteiger partial charge in [-0.3, -0.25) is 9.59 Å². The molecule has 0 unspecified atom stereocenters. The van der Waals surface area contributed by atoms with E-state index in [0.717, 1.165) is 29.5 Å². The normalized spacial score (nSPS) is 20.7. The van der Waals surface area contributed by atoms with Crippen LogP contribution in [-0.2, 0) is 11.3 Å². The Morgan fingerprint density at radius 2 is 2.17 bits per heavy atom. The first-order valence-corrected chi connectivity index (χ1v) is 8.21. The number of carbonyl (C=O) groups excluding carboxylic acids is 2. The van der Waals surface area contributed by atoms with Crippen molar-refractivity contribution in [1.29, 1.82) is 0 Å². The predicted molar refractivity (Wildman–Crippen MR) is 86.7 cm³/mol. The zero-order valence-corrected chi connectivity index (χ0v) is 13.0. The van der Waals surface area contributed by atoms with Crippen molar-refractivity contribution in [3.8, 4) is 5.75 Å². The van der Waals surface area contributed by atoms with E-state index in [4.69, 9.17) is 4.74 Å². The third-order valence-electron chi connectivity index (χ3n) is 4.71. The Hall–Kier alpha value is -2.30. The molecule has 1 N–H and O–H groups in total. The molecule has 5 heteroatoms. The lowest BCUT2D eigenvalue weighted by Gasteiger charge is -2.14. The highest BCUT2D eigenvalue weighted by Gasteiger charge is 2.25. The highest BCUT2D eigenvalue weighted by Crippen LogP contribution is 2.35. The molecule has 1 aromatic carbocycles. The smallest absolute Gasteiger partial charge is 0.220 e. The van der Waals surface area contributed by atoms with Gasteiger partial charge in [-0.05, 0) is 30.9 Å². The Kier molecular flexibility index (Phi) is 3.56. The largest absolute Gasteiger partial charge is 0.491 e. The van der Waals surface area contributed by atoms with E-state index in [9.17, 15) is 9.59 Å². The Balaban J connectivity index is 1.63. The molecule has 4 rings (SSSR count). The van der Waals surface area contributed by atoms with Crippen LogP contribution in [0.3, 0.4) is 0 Å². The van der Waals surface area contributed by atoms with Crippen LogP contribution in [0.25, 0.3) is 10.9 Å². The van der Waals surface area contributed by atoms with E-state index >= 15 is 0 Å². The first-order valence-electron chi connectivity index (χ1n) is 8.21. The average Bonchev–Trinajstić information content (AvgIpc) is 3.16. The minimum atomic E-state index is 0.0946. The molecule has 0 spiro atoms. The number of aromatic nitrogens is 1. The molecule has 1 saturated carbocycles. The molecule has 1 aliphatic carbocycles. The molecule has 0 bridgehead atoms. The van der Waals surface area contributed by atoms with Gasteiger partial charge in [0.2, 0.25) is 5.91 Å². The minimum absolute atomic E-state index is 0.0946.